The van der Waals surface area contributed by atoms with E-state index in [0.29, 0.717) is 24.6 Å². The van der Waals surface area contributed by atoms with Gasteiger partial charge in [-0.25, -0.2) is 0 Å². The van der Waals surface area contributed by atoms with Gasteiger partial charge in [0, 0.05) is 6.42 Å². The van der Waals surface area contributed by atoms with Crippen LogP contribution in [0.1, 0.15) is 17.3 Å². The zero-order valence-corrected chi connectivity index (χ0v) is 8.63. The largest absolute Gasteiger partial charge is 0.508 e. The average molecular weight is 220 g/mol. The smallest absolute Gasteiger partial charge is 0.228 e. The number of phenolic OH excluding ortho intramolecular Hbond substituents is 1. The Morgan fingerprint density at radius 1 is 1.19 bits per heavy atom. The molecular weight excluding hydrogens is 208 g/mol. The number of benzene rings is 1. The maximum absolute atomic E-state index is 9.12. The van der Waals surface area contributed by atoms with Gasteiger partial charge >= 0.3 is 0 Å². The highest BCUT2D eigenvalue weighted by Crippen LogP contribution is 2.12. The summed E-state index contributed by atoms with van der Waals surface area (Å²) in [5.41, 5.74) is 0.995. The molecule has 0 amide bonds. The van der Waals surface area contributed by atoms with Crippen LogP contribution < -0.4 is 0 Å². The number of hydrogen-bond acceptors (Lipinski definition) is 5. The van der Waals surface area contributed by atoms with Gasteiger partial charge in [0.2, 0.25) is 5.89 Å². The Hall–Kier alpha value is -1.88. The molecule has 0 atom stereocenters. The minimum Gasteiger partial charge on any atom is -0.508 e. The van der Waals surface area contributed by atoms with E-state index < -0.39 is 0 Å². The second kappa shape index (κ2) is 4.76. The van der Waals surface area contributed by atoms with Crippen molar-refractivity contribution in [1.82, 2.24) is 10.1 Å². The fourth-order valence-electron chi connectivity index (χ4n) is 1.36. The predicted molar refractivity (Wildman–Crippen MR) is 56.0 cm³/mol. The van der Waals surface area contributed by atoms with Gasteiger partial charge < -0.3 is 14.7 Å². The zero-order valence-electron chi connectivity index (χ0n) is 8.63. The summed E-state index contributed by atoms with van der Waals surface area (Å²) in [6.45, 7) is 0.000836. The number of aromatic hydroxyl groups is 1. The van der Waals surface area contributed by atoms with E-state index in [-0.39, 0.29) is 12.4 Å². The summed E-state index contributed by atoms with van der Waals surface area (Å²) >= 11 is 0. The summed E-state index contributed by atoms with van der Waals surface area (Å²) in [6, 6.07) is 6.84. The van der Waals surface area contributed by atoms with Crippen LogP contribution in [-0.2, 0) is 12.8 Å². The minimum absolute atomic E-state index is 0.000836. The van der Waals surface area contributed by atoms with Crippen molar-refractivity contribution >= 4 is 0 Å². The van der Waals surface area contributed by atoms with Crippen molar-refractivity contribution in [3.8, 4) is 5.75 Å². The molecule has 2 aromatic rings. The fourth-order valence-corrected chi connectivity index (χ4v) is 1.36. The molecule has 0 fully saturated rings. The first-order valence-corrected chi connectivity index (χ1v) is 4.98. The van der Waals surface area contributed by atoms with Crippen LogP contribution in [0.3, 0.4) is 0 Å². The number of aliphatic hydroxyl groups excluding tert-OH is 1. The molecule has 16 heavy (non-hydrogen) atoms. The lowest BCUT2D eigenvalue weighted by atomic mass is 10.1. The van der Waals surface area contributed by atoms with E-state index in [1.807, 2.05) is 0 Å². The monoisotopic (exact) mass is 220 g/mol. The normalized spacial score (nSPS) is 10.6. The number of nitrogens with zero attached hydrogens (tertiary/aromatic N) is 2. The molecule has 0 saturated heterocycles. The van der Waals surface area contributed by atoms with E-state index in [0.717, 1.165) is 5.56 Å². The Balaban J connectivity index is 2.05. The van der Waals surface area contributed by atoms with E-state index in [4.69, 9.17) is 14.7 Å². The maximum Gasteiger partial charge on any atom is 0.228 e. The van der Waals surface area contributed by atoms with E-state index in [9.17, 15) is 0 Å². The third-order valence-electron chi connectivity index (χ3n) is 2.13. The van der Waals surface area contributed by atoms with Crippen LogP contribution in [0, 0.1) is 0 Å². The lowest BCUT2D eigenvalue weighted by Crippen LogP contribution is -1.93. The maximum atomic E-state index is 9.12. The van der Waals surface area contributed by atoms with Gasteiger partial charge in [-0.05, 0) is 17.7 Å². The molecule has 1 aromatic heterocycles. The molecule has 0 radical (unpaired) electrons. The topological polar surface area (TPSA) is 79.4 Å². The van der Waals surface area contributed by atoms with Gasteiger partial charge in [-0.2, -0.15) is 4.98 Å². The van der Waals surface area contributed by atoms with Crippen molar-refractivity contribution in [2.75, 3.05) is 6.61 Å². The number of rotatable bonds is 4. The second-order valence-corrected chi connectivity index (χ2v) is 3.42. The summed E-state index contributed by atoms with van der Waals surface area (Å²) in [5, 5.41) is 21.6. The molecule has 1 heterocycles. The third-order valence-corrected chi connectivity index (χ3v) is 2.13. The summed E-state index contributed by atoms with van der Waals surface area (Å²) in [4.78, 5) is 4.12. The van der Waals surface area contributed by atoms with Gasteiger partial charge in [0.15, 0.2) is 5.82 Å². The Morgan fingerprint density at radius 3 is 2.62 bits per heavy atom. The Morgan fingerprint density at radius 2 is 1.94 bits per heavy atom. The summed E-state index contributed by atoms with van der Waals surface area (Å²) in [6.07, 6.45) is 0.928. The van der Waals surface area contributed by atoms with E-state index in [2.05, 4.69) is 10.1 Å². The Kier molecular flexibility index (Phi) is 3.16. The van der Waals surface area contributed by atoms with Crippen LogP contribution in [-0.4, -0.2) is 27.0 Å². The summed E-state index contributed by atoms with van der Waals surface area (Å²) in [5.74, 6) is 1.25. The van der Waals surface area contributed by atoms with Crippen LogP contribution in [0.4, 0.5) is 0 Å². The summed E-state index contributed by atoms with van der Waals surface area (Å²) in [7, 11) is 0. The van der Waals surface area contributed by atoms with Crippen LogP contribution in [0.15, 0.2) is 28.8 Å². The fraction of sp³-hybridized carbons (Fsp3) is 0.273. The zero-order chi connectivity index (χ0) is 11.4. The average Bonchev–Trinajstić information content (AvgIpc) is 2.70. The Labute approximate surface area is 92.4 Å². The van der Waals surface area contributed by atoms with E-state index >= 15 is 0 Å². The first-order valence-electron chi connectivity index (χ1n) is 4.98. The molecule has 5 heteroatoms. The highest BCUT2D eigenvalue weighted by atomic mass is 16.5. The molecule has 2 rings (SSSR count). The molecule has 0 spiro atoms. The molecule has 0 bridgehead atoms. The van der Waals surface area contributed by atoms with Crippen molar-refractivity contribution in [2.45, 2.75) is 12.8 Å². The van der Waals surface area contributed by atoms with Crippen molar-refractivity contribution < 1.29 is 14.7 Å². The molecule has 0 saturated carbocycles. The predicted octanol–water partition coefficient (Wildman–Crippen LogP) is 0.901. The van der Waals surface area contributed by atoms with Gasteiger partial charge in [-0.3, -0.25) is 0 Å². The van der Waals surface area contributed by atoms with Gasteiger partial charge in [0.25, 0.3) is 0 Å². The van der Waals surface area contributed by atoms with Crippen LogP contribution in [0.25, 0.3) is 0 Å². The number of aromatic nitrogens is 2. The van der Waals surface area contributed by atoms with Gasteiger partial charge in [-0.1, -0.05) is 17.3 Å². The lowest BCUT2D eigenvalue weighted by Gasteiger charge is -1.96. The minimum atomic E-state index is 0.000836. The number of aliphatic hydroxyl groups is 1. The third kappa shape index (κ3) is 2.58. The van der Waals surface area contributed by atoms with Gasteiger partial charge in [-0.15, -0.1) is 0 Å². The number of hydrogen-bond donors (Lipinski definition) is 2. The molecule has 2 N–H and O–H groups in total. The van der Waals surface area contributed by atoms with Crippen LogP contribution >= 0.6 is 0 Å². The molecular formula is C11H12N2O3. The highest BCUT2D eigenvalue weighted by molar-refractivity contribution is 5.27. The molecule has 5 nitrogen and oxygen atoms in total. The van der Waals surface area contributed by atoms with Crippen molar-refractivity contribution in [1.29, 1.82) is 0 Å². The molecule has 0 aliphatic heterocycles. The SMILES string of the molecule is OCCc1nc(Cc2ccc(O)cc2)no1. The molecule has 0 aliphatic carbocycles. The lowest BCUT2D eigenvalue weighted by molar-refractivity contribution is 0.274. The second-order valence-electron chi connectivity index (χ2n) is 3.42. The van der Waals surface area contributed by atoms with E-state index in [1.54, 1.807) is 24.3 Å². The first-order chi connectivity index (χ1) is 7.78. The Bertz CT molecular complexity index is 451. The quantitative estimate of drug-likeness (QED) is 0.800. The standard InChI is InChI=1S/C11H12N2O3/c14-6-5-11-12-10(13-16-11)7-8-1-3-9(15)4-2-8/h1-4,14-15H,5-7H2. The van der Waals surface area contributed by atoms with Crippen LogP contribution in [0.2, 0.25) is 0 Å². The van der Waals surface area contributed by atoms with Crippen LogP contribution in [0.5, 0.6) is 5.75 Å². The molecule has 84 valence electrons. The number of phenols is 1. The molecule has 0 aliphatic rings. The van der Waals surface area contributed by atoms with E-state index in [1.165, 1.54) is 0 Å². The molecule has 1 aromatic carbocycles. The van der Waals surface area contributed by atoms with Crippen molar-refractivity contribution in [2.24, 2.45) is 0 Å². The first kappa shape index (κ1) is 10.6. The molecule has 0 unspecified atom stereocenters. The van der Waals surface area contributed by atoms with Gasteiger partial charge in [0.1, 0.15) is 5.75 Å². The van der Waals surface area contributed by atoms with Gasteiger partial charge in [0.05, 0.1) is 13.0 Å². The van der Waals surface area contributed by atoms with Crippen molar-refractivity contribution in [3.63, 3.8) is 0 Å². The van der Waals surface area contributed by atoms with Crippen molar-refractivity contribution in [3.05, 3.63) is 41.5 Å². The highest BCUT2D eigenvalue weighted by Gasteiger charge is 2.06. The summed E-state index contributed by atoms with van der Waals surface area (Å²) < 4.78 is 4.93.